The first-order valence-electron chi connectivity index (χ1n) is 5.77. The highest BCUT2D eigenvalue weighted by molar-refractivity contribution is 5.92. The van der Waals surface area contributed by atoms with E-state index in [1.54, 1.807) is 25.1 Å². The number of aromatic hydroxyl groups is 1. The van der Waals surface area contributed by atoms with E-state index >= 15 is 0 Å². The summed E-state index contributed by atoms with van der Waals surface area (Å²) in [5.74, 6) is -0.474. The summed E-state index contributed by atoms with van der Waals surface area (Å²) in [6.45, 7) is 4.13. The molecule has 1 N–H and O–H groups in total. The number of hydrogen-bond acceptors (Lipinski definition) is 3. The van der Waals surface area contributed by atoms with E-state index in [0.29, 0.717) is 18.6 Å². The number of phenolic OH excluding ortho intramolecular Hbond substituents is 1. The molecule has 0 atom stereocenters. The number of benzene rings is 1. The first-order chi connectivity index (χ1) is 8.16. The van der Waals surface area contributed by atoms with Crippen molar-refractivity contribution in [2.75, 3.05) is 6.61 Å². The Bertz CT molecular complexity index is 408. The lowest BCUT2D eigenvalue weighted by molar-refractivity contribution is 0.0508. The van der Waals surface area contributed by atoms with Crippen LogP contribution in [0.1, 0.15) is 35.7 Å². The van der Waals surface area contributed by atoms with Crippen LogP contribution in [0.25, 0.3) is 0 Å². The number of allylic oxidation sites excluding steroid dienone is 1. The maximum atomic E-state index is 11.6. The van der Waals surface area contributed by atoms with Crippen LogP contribution in [0.4, 0.5) is 0 Å². The van der Waals surface area contributed by atoms with Crippen LogP contribution in [0.3, 0.4) is 0 Å². The van der Waals surface area contributed by atoms with E-state index in [0.717, 1.165) is 6.42 Å². The molecule has 0 saturated heterocycles. The molecule has 17 heavy (non-hydrogen) atoms. The minimum Gasteiger partial charge on any atom is -0.507 e. The van der Waals surface area contributed by atoms with Crippen LogP contribution in [0.5, 0.6) is 5.75 Å². The number of phenols is 1. The number of carbonyl (C=O) groups is 1. The Balaban J connectivity index is 2.53. The third kappa shape index (κ3) is 3.94. The molecule has 1 rings (SSSR count). The topological polar surface area (TPSA) is 46.5 Å². The van der Waals surface area contributed by atoms with Crippen molar-refractivity contribution in [3.63, 3.8) is 0 Å². The molecule has 0 spiro atoms. The van der Waals surface area contributed by atoms with Gasteiger partial charge in [-0.1, -0.05) is 31.2 Å². The van der Waals surface area contributed by atoms with Gasteiger partial charge in [0.25, 0.3) is 0 Å². The number of para-hydroxylation sites is 1. The zero-order valence-electron chi connectivity index (χ0n) is 10.3. The monoisotopic (exact) mass is 234 g/mol. The average molecular weight is 234 g/mol. The highest BCUT2D eigenvalue weighted by Crippen LogP contribution is 2.21. The molecule has 3 heteroatoms. The third-order valence-corrected chi connectivity index (χ3v) is 2.38. The van der Waals surface area contributed by atoms with Gasteiger partial charge in [0.2, 0.25) is 0 Å². The molecule has 0 radical (unpaired) electrons. The van der Waals surface area contributed by atoms with E-state index in [2.05, 4.69) is 0 Å². The Morgan fingerprint density at radius 2 is 2.18 bits per heavy atom. The third-order valence-electron chi connectivity index (χ3n) is 2.38. The summed E-state index contributed by atoms with van der Waals surface area (Å²) in [5.41, 5.74) is 0.898. The molecule has 1 aromatic carbocycles. The predicted octanol–water partition coefficient (Wildman–Crippen LogP) is 3.21. The van der Waals surface area contributed by atoms with E-state index in [4.69, 9.17) is 4.74 Å². The predicted molar refractivity (Wildman–Crippen MR) is 67.2 cm³/mol. The largest absolute Gasteiger partial charge is 0.507 e. The molecule has 0 aliphatic carbocycles. The first-order valence-corrected chi connectivity index (χ1v) is 5.77. The van der Waals surface area contributed by atoms with Crippen molar-refractivity contribution in [1.29, 1.82) is 0 Å². The van der Waals surface area contributed by atoms with Gasteiger partial charge in [-0.2, -0.15) is 0 Å². The summed E-state index contributed by atoms with van der Waals surface area (Å²) >= 11 is 0. The lowest BCUT2D eigenvalue weighted by Gasteiger charge is -2.06. The molecule has 0 aliphatic heterocycles. The van der Waals surface area contributed by atoms with Crippen molar-refractivity contribution in [1.82, 2.24) is 0 Å². The van der Waals surface area contributed by atoms with Gasteiger partial charge in [0.1, 0.15) is 11.3 Å². The van der Waals surface area contributed by atoms with E-state index < -0.39 is 5.97 Å². The fourth-order valence-corrected chi connectivity index (χ4v) is 1.41. The van der Waals surface area contributed by atoms with Gasteiger partial charge in [-0.15, -0.1) is 0 Å². The Kier molecular flexibility index (Phi) is 5.27. The van der Waals surface area contributed by atoms with Crippen molar-refractivity contribution < 1.29 is 14.6 Å². The second kappa shape index (κ2) is 6.74. The zero-order valence-corrected chi connectivity index (χ0v) is 10.3. The van der Waals surface area contributed by atoms with Crippen LogP contribution in [0, 0.1) is 6.92 Å². The van der Waals surface area contributed by atoms with Crippen LogP contribution in [0.15, 0.2) is 30.4 Å². The summed E-state index contributed by atoms with van der Waals surface area (Å²) in [4.78, 5) is 11.6. The number of rotatable bonds is 5. The van der Waals surface area contributed by atoms with Gasteiger partial charge in [-0.05, 0) is 31.4 Å². The highest BCUT2D eigenvalue weighted by Gasteiger charge is 2.13. The van der Waals surface area contributed by atoms with Crippen molar-refractivity contribution in [2.24, 2.45) is 0 Å². The van der Waals surface area contributed by atoms with Crippen LogP contribution >= 0.6 is 0 Å². The van der Waals surface area contributed by atoms with Gasteiger partial charge in [0, 0.05) is 0 Å². The Morgan fingerprint density at radius 1 is 1.41 bits per heavy atom. The first kappa shape index (κ1) is 13.3. The summed E-state index contributed by atoms with van der Waals surface area (Å²) in [5, 5.41) is 9.69. The molecule has 92 valence electrons. The Hall–Kier alpha value is -1.77. The van der Waals surface area contributed by atoms with E-state index in [-0.39, 0.29) is 11.3 Å². The van der Waals surface area contributed by atoms with Gasteiger partial charge >= 0.3 is 5.97 Å². The molecule has 0 amide bonds. The Morgan fingerprint density at radius 3 is 2.88 bits per heavy atom. The molecule has 0 unspecified atom stereocenters. The molecular formula is C14H18O3. The van der Waals surface area contributed by atoms with E-state index in [1.807, 2.05) is 19.1 Å². The van der Waals surface area contributed by atoms with E-state index in [9.17, 15) is 9.90 Å². The summed E-state index contributed by atoms with van der Waals surface area (Å²) < 4.78 is 5.06. The molecule has 0 aliphatic rings. The second-order valence-corrected chi connectivity index (χ2v) is 3.78. The number of ether oxygens (including phenoxy) is 1. The molecule has 0 fully saturated rings. The number of carbonyl (C=O) groups excluding carboxylic acids is 1. The molecular weight excluding hydrogens is 216 g/mol. The van der Waals surface area contributed by atoms with Gasteiger partial charge in [0.05, 0.1) is 6.61 Å². The average Bonchev–Trinajstić information content (AvgIpc) is 2.32. The second-order valence-electron chi connectivity index (χ2n) is 3.78. The molecule has 0 bridgehead atoms. The summed E-state index contributed by atoms with van der Waals surface area (Å²) in [6, 6.07) is 5.03. The minimum atomic E-state index is -0.476. The standard InChI is InChI=1S/C14H18O3/c1-3-4-5-6-10-17-14(16)12-9-7-8-11(2)13(12)15/h4-5,7-9,15H,3,6,10H2,1-2H3/b5-4-. The SMILES string of the molecule is CC/C=C\CCOC(=O)c1cccc(C)c1O. The van der Waals surface area contributed by atoms with Gasteiger partial charge in [0.15, 0.2) is 0 Å². The highest BCUT2D eigenvalue weighted by atomic mass is 16.5. The van der Waals surface area contributed by atoms with Gasteiger partial charge in [-0.3, -0.25) is 0 Å². The number of hydrogen-bond donors (Lipinski definition) is 1. The van der Waals surface area contributed by atoms with Crippen LogP contribution < -0.4 is 0 Å². The van der Waals surface area contributed by atoms with Crippen LogP contribution in [-0.2, 0) is 4.74 Å². The van der Waals surface area contributed by atoms with Gasteiger partial charge in [-0.25, -0.2) is 4.79 Å². The van der Waals surface area contributed by atoms with Crippen LogP contribution in [0.2, 0.25) is 0 Å². The Labute approximate surface area is 102 Å². The summed E-state index contributed by atoms with van der Waals surface area (Å²) in [6.07, 6.45) is 5.68. The van der Waals surface area contributed by atoms with E-state index in [1.165, 1.54) is 0 Å². The lowest BCUT2D eigenvalue weighted by atomic mass is 10.1. The minimum absolute atomic E-state index is 0.00148. The van der Waals surface area contributed by atoms with Crippen LogP contribution in [-0.4, -0.2) is 17.7 Å². The molecule has 0 heterocycles. The maximum Gasteiger partial charge on any atom is 0.341 e. The normalized spacial score (nSPS) is 10.7. The maximum absolute atomic E-state index is 11.6. The molecule has 0 saturated carbocycles. The quantitative estimate of drug-likeness (QED) is 0.483. The van der Waals surface area contributed by atoms with Crippen molar-refractivity contribution in [3.05, 3.63) is 41.5 Å². The fourth-order valence-electron chi connectivity index (χ4n) is 1.41. The van der Waals surface area contributed by atoms with Crippen molar-refractivity contribution in [3.8, 4) is 5.75 Å². The molecule has 1 aromatic rings. The number of esters is 1. The van der Waals surface area contributed by atoms with Crippen molar-refractivity contribution in [2.45, 2.75) is 26.7 Å². The van der Waals surface area contributed by atoms with Gasteiger partial charge < -0.3 is 9.84 Å². The number of aryl methyl sites for hydroxylation is 1. The molecule has 3 nitrogen and oxygen atoms in total. The van der Waals surface area contributed by atoms with Crippen molar-refractivity contribution >= 4 is 5.97 Å². The summed E-state index contributed by atoms with van der Waals surface area (Å²) in [7, 11) is 0. The smallest absolute Gasteiger partial charge is 0.341 e. The lowest BCUT2D eigenvalue weighted by Crippen LogP contribution is -2.06. The zero-order chi connectivity index (χ0) is 12.7. The fraction of sp³-hybridized carbons (Fsp3) is 0.357. The molecule has 0 aromatic heterocycles.